The highest BCUT2D eigenvalue weighted by Gasteiger charge is 2.06. The molecule has 0 atom stereocenters. The summed E-state index contributed by atoms with van der Waals surface area (Å²) in [6.45, 7) is 0. The molecule has 3 rings (SSSR count). The molecule has 0 bridgehead atoms. The Labute approximate surface area is 98.7 Å². The molecule has 0 saturated carbocycles. The van der Waals surface area contributed by atoms with E-state index in [2.05, 4.69) is 6.07 Å². The van der Waals surface area contributed by atoms with Gasteiger partial charge >= 0.3 is 0 Å². The second-order valence-corrected chi connectivity index (χ2v) is 4.00. The van der Waals surface area contributed by atoms with E-state index in [0.29, 0.717) is 5.56 Å². The maximum Gasteiger partial charge on any atom is 0.249 e. The highest BCUT2D eigenvalue weighted by molar-refractivity contribution is 6.10. The second-order valence-electron chi connectivity index (χ2n) is 4.00. The number of carbonyl (C=O) groups is 1. The van der Waals surface area contributed by atoms with E-state index in [1.165, 1.54) is 0 Å². The molecule has 2 nitrogen and oxygen atoms in total. The van der Waals surface area contributed by atoms with Crippen LogP contribution in [0, 0.1) is 6.07 Å². The topological polar surface area (TPSA) is 43.1 Å². The van der Waals surface area contributed by atoms with Crippen LogP contribution in [0.25, 0.3) is 21.5 Å². The summed E-state index contributed by atoms with van der Waals surface area (Å²) in [4.78, 5) is 11.4. The van der Waals surface area contributed by atoms with Crippen molar-refractivity contribution in [1.29, 1.82) is 0 Å². The molecular formula is C15H10NO. The lowest BCUT2D eigenvalue weighted by Gasteiger charge is -2.05. The summed E-state index contributed by atoms with van der Waals surface area (Å²) < 4.78 is 0. The van der Waals surface area contributed by atoms with E-state index < -0.39 is 5.91 Å². The Morgan fingerprint density at radius 3 is 2.71 bits per heavy atom. The zero-order valence-corrected chi connectivity index (χ0v) is 9.10. The number of primary amides is 1. The van der Waals surface area contributed by atoms with Crippen LogP contribution in [-0.4, -0.2) is 5.91 Å². The smallest absolute Gasteiger partial charge is 0.249 e. The molecule has 2 heteroatoms. The molecule has 0 aliphatic rings. The van der Waals surface area contributed by atoms with Crippen LogP contribution >= 0.6 is 0 Å². The fourth-order valence-electron chi connectivity index (χ4n) is 2.11. The van der Waals surface area contributed by atoms with Crippen LogP contribution in [0.4, 0.5) is 0 Å². The lowest BCUT2D eigenvalue weighted by molar-refractivity contribution is 0.100. The average molecular weight is 220 g/mol. The molecule has 2 N–H and O–H groups in total. The van der Waals surface area contributed by atoms with Crippen molar-refractivity contribution >= 4 is 27.5 Å². The van der Waals surface area contributed by atoms with Gasteiger partial charge in [-0.3, -0.25) is 4.79 Å². The Balaban J connectivity index is 2.47. The largest absolute Gasteiger partial charge is 0.366 e. The van der Waals surface area contributed by atoms with Gasteiger partial charge in [-0.25, -0.2) is 0 Å². The fourth-order valence-corrected chi connectivity index (χ4v) is 2.11. The van der Waals surface area contributed by atoms with Crippen molar-refractivity contribution in [2.24, 2.45) is 5.73 Å². The van der Waals surface area contributed by atoms with Crippen molar-refractivity contribution in [2.75, 3.05) is 0 Å². The minimum atomic E-state index is -0.394. The predicted molar refractivity (Wildman–Crippen MR) is 68.8 cm³/mol. The SMILES string of the molecule is NC(=O)c1cccc2cc3[c]cccc3cc12. The number of benzene rings is 3. The predicted octanol–water partition coefficient (Wildman–Crippen LogP) is 2.89. The number of amides is 1. The first-order valence-corrected chi connectivity index (χ1v) is 5.39. The molecule has 3 aromatic rings. The van der Waals surface area contributed by atoms with Crippen LogP contribution in [-0.2, 0) is 0 Å². The van der Waals surface area contributed by atoms with Crippen LogP contribution < -0.4 is 5.73 Å². The van der Waals surface area contributed by atoms with Gasteiger partial charge in [-0.2, -0.15) is 0 Å². The number of hydrogen-bond acceptors (Lipinski definition) is 1. The van der Waals surface area contributed by atoms with Gasteiger partial charge in [0.25, 0.3) is 0 Å². The third kappa shape index (κ3) is 1.54. The molecule has 17 heavy (non-hydrogen) atoms. The molecule has 0 aliphatic heterocycles. The Kier molecular flexibility index (Phi) is 2.08. The number of fused-ring (bicyclic) bond motifs is 2. The highest BCUT2D eigenvalue weighted by Crippen LogP contribution is 2.24. The molecule has 0 heterocycles. The van der Waals surface area contributed by atoms with Gasteiger partial charge in [-0.05, 0) is 45.8 Å². The standard InChI is InChI=1S/C15H10NO/c16-15(17)13-7-3-6-12-8-10-4-1-2-5-11(10)9-14(12)13/h1-3,5-9H,(H2,16,17). The van der Waals surface area contributed by atoms with Gasteiger partial charge in [0.15, 0.2) is 0 Å². The van der Waals surface area contributed by atoms with Crippen LogP contribution in [0.3, 0.4) is 0 Å². The van der Waals surface area contributed by atoms with Crippen LogP contribution in [0.15, 0.2) is 48.5 Å². The number of rotatable bonds is 1. The molecule has 3 aromatic carbocycles. The molecule has 0 unspecified atom stereocenters. The van der Waals surface area contributed by atoms with Gasteiger partial charge in [-0.15, -0.1) is 0 Å². The lowest BCUT2D eigenvalue weighted by atomic mass is 9.99. The summed E-state index contributed by atoms with van der Waals surface area (Å²) in [5.74, 6) is -0.394. The first kappa shape index (κ1) is 9.85. The minimum Gasteiger partial charge on any atom is -0.366 e. The third-order valence-electron chi connectivity index (χ3n) is 2.93. The number of nitrogens with two attached hydrogens (primary N) is 1. The zero-order chi connectivity index (χ0) is 11.8. The van der Waals surface area contributed by atoms with Crippen molar-refractivity contribution in [1.82, 2.24) is 0 Å². The van der Waals surface area contributed by atoms with E-state index in [1.54, 1.807) is 6.07 Å². The number of carbonyl (C=O) groups excluding carboxylic acids is 1. The average Bonchev–Trinajstić information content (AvgIpc) is 2.35. The Hall–Kier alpha value is -2.35. The molecular weight excluding hydrogens is 210 g/mol. The van der Waals surface area contributed by atoms with E-state index >= 15 is 0 Å². The van der Waals surface area contributed by atoms with E-state index in [4.69, 9.17) is 5.73 Å². The van der Waals surface area contributed by atoms with E-state index in [9.17, 15) is 4.79 Å². The van der Waals surface area contributed by atoms with Gasteiger partial charge in [0.2, 0.25) is 5.91 Å². The normalized spacial score (nSPS) is 10.8. The highest BCUT2D eigenvalue weighted by atomic mass is 16.1. The summed E-state index contributed by atoms with van der Waals surface area (Å²) >= 11 is 0. The van der Waals surface area contributed by atoms with Gasteiger partial charge in [0.1, 0.15) is 0 Å². The summed E-state index contributed by atoms with van der Waals surface area (Å²) in [6, 6.07) is 18.6. The third-order valence-corrected chi connectivity index (χ3v) is 2.93. The molecule has 0 spiro atoms. The van der Waals surface area contributed by atoms with E-state index in [1.807, 2.05) is 42.5 Å². The Morgan fingerprint density at radius 2 is 1.88 bits per heavy atom. The molecule has 0 aromatic heterocycles. The quantitative estimate of drug-likeness (QED) is 0.629. The van der Waals surface area contributed by atoms with Crippen molar-refractivity contribution in [3.05, 3.63) is 60.2 Å². The Morgan fingerprint density at radius 1 is 1.06 bits per heavy atom. The molecule has 81 valence electrons. The van der Waals surface area contributed by atoms with Gasteiger partial charge in [0.05, 0.1) is 0 Å². The van der Waals surface area contributed by atoms with Crippen molar-refractivity contribution in [2.45, 2.75) is 0 Å². The first-order valence-electron chi connectivity index (χ1n) is 5.39. The van der Waals surface area contributed by atoms with Gasteiger partial charge in [0, 0.05) is 5.56 Å². The summed E-state index contributed by atoms with van der Waals surface area (Å²) in [6.07, 6.45) is 0. The van der Waals surface area contributed by atoms with Crippen molar-refractivity contribution in [3.63, 3.8) is 0 Å². The molecule has 0 aliphatic carbocycles. The second kappa shape index (κ2) is 3.59. The van der Waals surface area contributed by atoms with E-state index in [-0.39, 0.29) is 0 Å². The molecule has 1 radical (unpaired) electrons. The maximum absolute atomic E-state index is 11.4. The van der Waals surface area contributed by atoms with Crippen LogP contribution in [0.2, 0.25) is 0 Å². The molecule has 1 amide bonds. The molecule has 0 fully saturated rings. The maximum atomic E-state index is 11.4. The monoisotopic (exact) mass is 220 g/mol. The zero-order valence-electron chi connectivity index (χ0n) is 9.10. The first-order chi connectivity index (χ1) is 8.25. The van der Waals surface area contributed by atoms with Crippen LogP contribution in [0.1, 0.15) is 10.4 Å². The minimum absolute atomic E-state index is 0.394. The van der Waals surface area contributed by atoms with Crippen molar-refractivity contribution < 1.29 is 4.79 Å². The fraction of sp³-hybridized carbons (Fsp3) is 0. The van der Waals surface area contributed by atoms with E-state index in [0.717, 1.165) is 21.5 Å². The van der Waals surface area contributed by atoms with Crippen LogP contribution in [0.5, 0.6) is 0 Å². The summed E-state index contributed by atoms with van der Waals surface area (Å²) in [7, 11) is 0. The number of hydrogen-bond donors (Lipinski definition) is 1. The van der Waals surface area contributed by atoms with Gasteiger partial charge in [-0.1, -0.05) is 30.3 Å². The summed E-state index contributed by atoms with van der Waals surface area (Å²) in [5.41, 5.74) is 5.94. The van der Waals surface area contributed by atoms with Crippen molar-refractivity contribution in [3.8, 4) is 0 Å². The molecule has 0 saturated heterocycles. The lowest BCUT2D eigenvalue weighted by Crippen LogP contribution is -2.11. The Bertz CT molecular complexity index is 731. The van der Waals surface area contributed by atoms with Gasteiger partial charge < -0.3 is 5.73 Å². The summed E-state index contributed by atoms with van der Waals surface area (Å²) in [5, 5.41) is 4.01.